The van der Waals surface area contributed by atoms with Gasteiger partial charge in [0.1, 0.15) is 5.82 Å². The minimum absolute atomic E-state index is 0.200. The van der Waals surface area contributed by atoms with Crippen molar-refractivity contribution in [3.8, 4) is 0 Å². The molecule has 20 heavy (non-hydrogen) atoms. The monoisotopic (exact) mass is 271 g/mol. The third kappa shape index (κ3) is 3.32. The molecular weight excluding hydrogens is 253 g/mol. The topological polar surface area (TPSA) is 29.0 Å². The normalized spacial score (nSPS) is 14.3. The van der Waals surface area contributed by atoms with Gasteiger partial charge in [-0.25, -0.2) is 14.4 Å². The summed E-state index contributed by atoms with van der Waals surface area (Å²) in [7, 11) is 0. The van der Waals surface area contributed by atoms with Gasteiger partial charge in [-0.05, 0) is 49.4 Å². The number of benzene rings is 1. The van der Waals surface area contributed by atoms with Crippen LogP contribution in [0.1, 0.15) is 24.1 Å². The molecule has 0 bridgehead atoms. The highest BCUT2D eigenvalue weighted by Gasteiger charge is 2.25. The lowest BCUT2D eigenvalue weighted by Crippen LogP contribution is -2.27. The summed E-state index contributed by atoms with van der Waals surface area (Å²) in [6.07, 6.45) is 4.36. The first-order chi connectivity index (χ1) is 9.70. The minimum Gasteiger partial charge on any atom is -0.336 e. The van der Waals surface area contributed by atoms with Gasteiger partial charge in [0.2, 0.25) is 5.95 Å². The van der Waals surface area contributed by atoms with Crippen molar-refractivity contribution in [1.29, 1.82) is 0 Å². The highest BCUT2D eigenvalue weighted by molar-refractivity contribution is 5.33. The van der Waals surface area contributed by atoms with Crippen molar-refractivity contribution in [2.45, 2.75) is 26.3 Å². The molecule has 1 aromatic carbocycles. The second-order valence-corrected chi connectivity index (χ2v) is 5.45. The van der Waals surface area contributed by atoms with Gasteiger partial charge in [-0.3, -0.25) is 0 Å². The van der Waals surface area contributed by atoms with Crippen LogP contribution in [0.3, 0.4) is 0 Å². The molecule has 0 aliphatic heterocycles. The van der Waals surface area contributed by atoms with Crippen LogP contribution in [0.5, 0.6) is 0 Å². The number of hydrogen-bond acceptors (Lipinski definition) is 3. The molecule has 1 heterocycles. The molecule has 104 valence electrons. The van der Waals surface area contributed by atoms with Crippen molar-refractivity contribution in [3.05, 3.63) is 53.6 Å². The SMILES string of the molecule is Cc1ccnc(N(Cc2ccc(F)cc2)CC2CC2)n1. The Morgan fingerprint density at radius 1 is 1.20 bits per heavy atom. The van der Waals surface area contributed by atoms with E-state index in [1.165, 1.54) is 25.0 Å². The van der Waals surface area contributed by atoms with E-state index in [0.717, 1.165) is 36.2 Å². The summed E-state index contributed by atoms with van der Waals surface area (Å²) in [4.78, 5) is 11.1. The molecule has 3 nitrogen and oxygen atoms in total. The molecule has 0 N–H and O–H groups in total. The fraction of sp³-hybridized carbons (Fsp3) is 0.375. The lowest BCUT2D eigenvalue weighted by molar-refractivity contribution is 0.626. The van der Waals surface area contributed by atoms with Crippen molar-refractivity contribution >= 4 is 5.95 Å². The average molecular weight is 271 g/mol. The van der Waals surface area contributed by atoms with Gasteiger partial charge in [-0.15, -0.1) is 0 Å². The van der Waals surface area contributed by atoms with Crippen LogP contribution in [0.25, 0.3) is 0 Å². The summed E-state index contributed by atoms with van der Waals surface area (Å²) >= 11 is 0. The number of aromatic nitrogens is 2. The van der Waals surface area contributed by atoms with E-state index >= 15 is 0 Å². The van der Waals surface area contributed by atoms with E-state index in [1.807, 2.05) is 25.1 Å². The molecule has 3 rings (SSSR count). The quantitative estimate of drug-likeness (QED) is 0.835. The summed E-state index contributed by atoms with van der Waals surface area (Å²) in [5.41, 5.74) is 2.05. The molecule has 1 fully saturated rings. The largest absolute Gasteiger partial charge is 0.336 e. The van der Waals surface area contributed by atoms with Gasteiger partial charge in [0, 0.05) is 25.0 Å². The maximum atomic E-state index is 13.0. The van der Waals surface area contributed by atoms with E-state index in [2.05, 4.69) is 14.9 Å². The van der Waals surface area contributed by atoms with Crippen molar-refractivity contribution in [1.82, 2.24) is 9.97 Å². The van der Waals surface area contributed by atoms with Crippen LogP contribution in [0.15, 0.2) is 36.5 Å². The second-order valence-electron chi connectivity index (χ2n) is 5.45. The Kier molecular flexibility index (Phi) is 3.63. The third-order valence-corrected chi connectivity index (χ3v) is 3.53. The van der Waals surface area contributed by atoms with Gasteiger partial charge >= 0.3 is 0 Å². The van der Waals surface area contributed by atoms with Gasteiger partial charge in [0.05, 0.1) is 0 Å². The summed E-state index contributed by atoms with van der Waals surface area (Å²) < 4.78 is 13.0. The zero-order valence-corrected chi connectivity index (χ0v) is 11.6. The zero-order valence-electron chi connectivity index (χ0n) is 11.6. The van der Waals surface area contributed by atoms with Crippen LogP contribution in [-0.2, 0) is 6.54 Å². The molecule has 0 unspecified atom stereocenters. The molecule has 0 saturated heterocycles. The van der Waals surface area contributed by atoms with Crippen LogP contribution in [0.2, 0.25) is 0 Å². The molecular formula is C16H18FN3. The molecule has 1 aromatic heterocycles. The van der Waals surface area contributed by atoms with E-state index in [1.54, 1.807) is 6.20 Å². The second kappa shape index (κ2) is 5.57. The lowest BCUT2D eigenvalue weighted by Gasteiger charge is -2.22. The Hall–Kier alpha value is -1.97. The molecule has 2 aromatic rings. The summed E-state index contributed by atoms with van der Waals surface area (Å²) in [6, 6.07) is 8.55. The Morgan fingerprint density at radius 3 is 2.60 bits per heavy atom. The molecule has 1 aliphatic carbocycles. The number of nitrogens with zero attached hydrogens (tertiary/aromatic N) is 3. The number of hydrogen-bond donors (Lipinski definition) is 0. The number of aryl methyl sites for hydroxylation is 1. The lowest BCUT2D eigenvalue weighted by atomic mass is 10.2. The molecule has 0 amide bonds. The molecule has 0 atom stereocenters. The first kappa shape index (κ1) is 13.0. The Labute approximate surface area is 118 Å². The fourth-order valence-corrected chi connectivity index (χ4v) is 2.23. The molecule has 4 heteroatoms. The predicted molar refractivity (Wildman–Crippen MR) is 76.9 cm³/mol. The molecule has 1 aliphatic rings. The Bertz CT molecular complexity index is 579. The molecule has 1 saturated carbocycles. The zero-order chi connectivity index (χ0) is 13.9. The summed E-state index contributed by atoms with van der Waals surface area (Å²) in [5.74, 6) is 1.31. The standard InChI is InChI=1S/C16H18FN3/c1-12-8-9-18-16(19-12)20(10-13-2-3-13)11-14-4-6-15(17)7-5-14/h4-9,13H,2-3,10-11H2,1H3. The van der Waals surface area contributed by atoms with Crippen LogP contribution >= 0.6 is 0 Å². The number of rotatable bonds is 5. The average Bonchev–Trinajstić information content (AvgIpc) is 3.24. The first-order valence-electron chi connectivity index (χ1n) is 7.00. The Morgan fingerprint density at radius 2 is 1.95 bits per heavy atom. The van der Waals surface area contributed by atoms with Gasteiger partial charge < -0.3 is 4.90 Å². The van der Waals surface area contributed by atoms with Crippen molar-refractivity contribution in [2.24, 2.45) is 5.92 Å². The minimum atomic E-state index is -0.200. The van der Waals surface area contributed by atoms with Gasteiger partial charge in [-0.2, -0.15) is 0 Å². The van der Waals surface area contributed by atoms with Crippen molar-refractivity contribution < 1.29 is 4.39 Å². The van der Waals surface area contributed by atoms with Crippen molar-refractivity contribution in [3.63, 3.8) is 0 Å². The van der Waals surface area contributed by atoms with Gasteiger partial charge in [-0.1, -0.05) is 12.1 Å². The Balaban J connectivity index is 1.80. The van der Waals surface area contributed by atoms with Crippen LogP contribution in [0, 0.1) is 18.7 Å². The van der Waals surface area contributed by atoms with E-state index < -0.39 is 0 Å². The molecule has 0 spiro atoms. The van der Waals surface area contributed by atoms with Gasteiger partial charge in [0.25, 0.3) is 0 Å². The highest BCUT2D eigenvalue weighted by atomic mass is 19.1. The summed E-state index contributed by atoms with van der Waals surface area (Å²) in [6.45, 7) is 3.67. The number of anilines is 1. The maximum absolute atomic E-state index is 13.0. The van der Waals surface area contributed by atoms with Crippen LogP contribution in [-0.4, -0.2) is 16.5 Å². The molecule has 0 radical (unpaired) electrons. The summed E-state index contributed by atoms with van der Waals surface area (Å²) in [5, 5.41) is 0. The third-order valence-electron chi connectivity index (χ3n) is 3.53. The van der Waals surface area contributed by atoms with E-state index in [4.69, 9.17) is 0 Å². The number of halogens is 1. The highest BCUT2D eigenvalue weighted by Crippen LogP contribution is 2.31. The maximum Gasteiger partial charge on any atom is 0.225 e. The van der Waals surface area contributed by atoms with E-state index in [0.29, 0.717) is 0 Å². The first-order valence-corrected chi connectivity index (χ1v) is 7.00. The van der Waals surface area contributed by atoms with Crippen molar-refractivity contribution in [2.75, 3.05) is 11.4 Å². The fourth-order valence-electron chi connectivity index (χ4n) is 2.23. The van der Waals surface area contributed by atoms with Gasteiger partial charge in [0.15, 0.2) is 0 Å². The van der Waals surface area contributed by atoms with E-state index in [9.17, 15) is 4.39 Å². The van der Waals surface area contributed by atoms with E-state index in [-0.39, 0.29) is 5.82 Å². The predicted octanol–water partition coefficient (Wildman–Crippen LogP) is 3.34. The van der Waals surface area contributed by atoms with Crippen LogP contribution in [0.4, 0.5) is 10.3 Å². The smallest absolute Gasteiger partial charge is 0.225 e. The van der Waals surface area contributed by atoms with Crippen LogP contribution < -0.4 is 4.90 Å².